The molecule has 5 nitrogen and oxygen atoms in total. The van der Waals surface area contributed by atoms with Gasteiger partial charge in [0.25, 0.3) is 0 Å². The molecule has 0 aliphatic heterocycles. The largest absolute Gasteiger partial charge is 0.379 e. The summed E-state index contributed by atoms with van der Waals surface area (Å²) in [5.41, 5.74) is 0.985. The van der Waals surface area contributed by atoms with Crippen LogP contribution >= 0.6 is 0 Å². The van der Waals surface area contributed by atoms with Crippen LogP contribution in [-0.4, -0.2) is 32.3 Å². The summed E-state index contributed by atoms with van der Waals surface area (Å²) in [6.45, 7) is 6.25. The lowest BCUT2D eigenvalue weighted by atomic mass is 10.2. The third-order valence-electron chi connectivity index (χ3n) is 2.62. The molecule has 0 heterocycles. The molecular formula is C16H22N2O3. The van der Waals surface area contributed by atoms with Gasteiger partial charge in [-0.15, -0.1) is 0 Å². The Morgan fingerprint density at radius 2 is 1.95 bits per heavy atom. The van der Waals surface area contributed by atoms with Crippen molar-refractivity contribution in [3.63, 3.8) is 0 Å². The Hall–Kier alpha value is -1.90. The van der Waals surface area contributed by atoms with Crippen LogP contribution in [-0.2, 0) is 14.3 Å². The number of rotatable bonds is 9. The van der Waals surface area contributed by atoms with Crippen LogP contribution < -0.4 is 5.32 Å². The Morgan fingerprint density at radius 3 is 2.67 bits per heavy atom. The second-order valence-corrected chi connectivity index (χ2v) is 5.04. The first-order valence-electron chi connectivity index (χ1n) is 7.08. The average Bonchev–Trinajstić information content (AvgIpc) is 2.46. The van der Waals surface area contributed by atoms with Crippen molar-refractivity contribution in [2.45, 2.75) is 20.3 Å². The fraction of sp³-hybridized carbons (Fsp3) is 0.500. The first-order chi connectivity index (χ1) is 10.1. The highest BCUT2D eigenvalue weighted by molar-refractivity contribution is 5.92. The Kier molecular flexibility index (Phi) is 8.10. The van der Waals surface area contributed by atoms with Crippen molar-refractivity contribution >= 4 is 11.6 Å². The maximum absolute atomic E-state index is 11.7. The highest BCUT2D eigenvalue weighted by Crippen LogP contribution is 2.13. The molecular weight excluding hydrogens is 268 g/mol. The first kappa shape index (κ1) is 17.2. The van der Waals surface area contributed by atoms with Gasteiger partial charge in [-0.05, 0) is 18.1 Å². The zero-order chi connectivity index (χ0) is 15.5. The van der Waals surface area contributed by atoms with E-state index in [9.17, 15) is 4.79 Å². The Bertz CT molecular complexity index is 481. The molecule has 1 aromatic carbocycles. The lowest BCUT2D eigenvalue weighted by molar-refractivity contribution is -0.117. The lowest BCUT2D eigenvalue weighted by Gasteiger charge is -2.08. The Labute approximate surface area is 125 Å². The zero-order valence-corrected chi connectivity index (χ0v) is 12.6. The number of carbonyl (C=O) groups is 1. The van der Waals surface area contributed by atoms with E-state index in [0.29, 0.717) is 37.0 Å². The van der Waals surface area contributed by atoms with Crippen molar-refractivity contribution in [1.29, 1.82) is 5.26 Å². The zero-order valence-electron chi connectivity index (χ0n) is 12.6. The lowest BCUT2D eigenvalue weighted by Crippen LogP contribution is -2.16. The SMILES string of the molecule is CC(C)COCCOCCC(=O)Nc1ccccc1C#N. The molecule has 1 aromatic rings. The number of amides is 1. The normalized spacial score (nSPS) is 10.4. The monoisotopic (exact) mass is 290 g/mol. The number of carbonyl (C=O) groups excluding carboxylic acids is 1. The summed E-state index contributed by atoms with van der Waals surface area (Å²) in [6, 6.07) is 8.94. The van der Waals surface area contributed by atoms with Crippen molar-refractivity contribution in [2.75, 3.05) is 31.7 Å². The number of nitrogens with zero attached hydrogens (tertiary/aromatic N) is 1. The van der Waals surface area contributed by atoms with E-state index in [0.717, 1.165) is 6.61 Å². The summed E-state index contributed by atoms with van der Waals surface area (Å²) in [4.78, 5) is 11.7. The molecule has 0 aliphatic rings. The van der Waals surface area contributed by atoms with Gasteiger partial charge in [-0.2, -0.15) is 5.26 Å². The predicted molar refractivity (Wildman–Crippen MR) is 80.9 cm³/mol. The summed E-state index contributed by atoms with van der Waals surface area (Å²) in [6.07, 6.45) is 0.254. The smallest absolute Gasteiger partial charge is 0.226 e. The second-order valence-electron chi connectivity index (χ2n) is 5.04. The van der Waals surface area contributed by atoms with E-state index in [1.54, 1.807) is 24.3 Å². The van der Waals surface area contributed by atoms with Gasteiger partial charge in [0, 0.05) is 6.61 Å². The molecule has 1 rings (SSSR count). The van der Waals surface area contributed by atoms with Crippen LogP contribution in [0.15, 0.2) is 24.3 Å². The van der Waals surface area contributed by atoms with Crippen molar-refractivity contribution in [3.05, 3.63) is 29.8 Å². The van der Waals surface area contributed by atoms with Gasteiger partial charge in [0.1, 0.15) is 6.07 Å². The molecule has 0 spiro atoms. The van der Waals surface area contributed by atoms with Gasteiger partial charge in [0.15, 0.2) is 0 Å². The topological polar surface area (TPSA) is 71.3 Å². The number of nitrogens with one attached hydrogen (secondary N) is 1. The fourth-order valence-corrected chi connectivity index (χ4v) is 1.61. The highest BCUT2D eigenvalue weighted by atomic mass is 16.5. The summed E-state index contributed by atoms with van der Waals surface area (Å²) >= 11 is 0. The average molecular weight is 290 g/mol. The molecule has 21 heavy (non-hydrogen) atoms. The van der Waals surface area contributed by atoms with Crippen LogP contribution in [0, 0.1) is 17.2 Å². The summed E-state index contributed by atoms with van der Waals surface area (Å²) in [7, 11) is 0. The van der Waals surface area contributed by atoms with Crippen molar-refractivity contribution in [2.24, 2.45) is 5.92 Å². The third kappa shape index (κ3) is 7.45. The number of nitriles is 1. The molecule has 0 fully saturated rings. The molecule has 5 heteroatoms. The minimum absolute atomic E-state index is 0.166. The number of hydrogen-bond acceptors (Lipinski definition) is 4. The maximum atomic E-state index is 11.7. The van der Waals surface area contributed by atoms with Crippen LogP contribution in [0.2, 0.25) is 0 Å². The van der Waals surface area contributed by atoms with E-state index >= 15 is 0 Å². The van der Waals surface area contributed by atoms with E-state index in [4.69, 9.17) is 14.7 Å². The fourth-order valence-electron chi connectivity index (χ4n) is 1.61. The molecule has 0 aromatic heterocycles. The molecule has 0 radical (unpaired) electrons. The minimum Gasteiger partial charge on any atom is -0.379 e. The molecule has 1 amide bonds. The first-order valence-corrected chi connectivity index (χ1v) is 7.08. The molecule has 1 N–H and O–H groups in total. The maximum Gasteiger partial charge on any atom is 0.226 e. The van der Waals surface area contributed by atoms with E-state index in [-0.39, 0.29) is 12.3 Å². The van der Waals surface area contributed by atoms with Crippen LogP contribution in [0.5, 0.6) is 0 Å². The van der Waals surface area contributed by atoms with Gasteiger partial charge in [-0.25, -0.2) is 0 Å². The Balaban J connectivity index is 2.16. The van der Waals surface area contributed by atoms with Crippen LogP contribution in [0.3, 0.4) is 0 Å². The third-order valence-corrected chi connectivity index (χ3v) is 2.62. The van der Waals surface area contributed by atoms with Gasteiger partial charge < -0.3 is 14.8 Å². The molecule has 0 aliphatic carbocycles. The van der Waals surface area contributed by atoms with Crippen molar-refractivity contribution < 1.29 is 14.3 Å². The highest BCUT2D eigenvalue weighted by Gasteiger charge is 2.06. The van der Waals surface area contributed by atoms with E-state index in [2.05, 4.69) is 19.2 Å². The van der Waals surface area contributed by atoms with Gasteiger partial charge in [-0.1, -0.05) is 26.0 Å². The quantitative estimate of drug-likeness (QED) is 0.710. The number of para-hydroxylation sites is 1. The molecule has 0 unspecified atom stereocenters. The number of anilines is 1. The van der Waals surface area contributed by atoms with E-state index in [1.807, 2.05) is 6.07 Å². The predicted octanol–water partition coefficient (Wildman–Crippen LogP) is 2.58. The van der Waals surface area contributed by atoms with Crippen LogP contribution in [0.25, 0.3) is 0 Å². The van der Waals surface area contributed by atoms with Gasteiger partial charge in [-0.3, -0.25) is 4.79 Å². The van der Waals surface area contributed by atoms with Gasteiger partial charge >= 0.3 is 0 Å². The number of ether oxygens (including phenoxy) is 2. The van der Waals surface area contributed by atoms with Crippen molar-refractivity contribution in [3.8, 4) is 6.07 Å². The standard InChI is InChI=1S/C16H22N2O3/c1-13(2)12-21-10-9-20-8-7-16(19)18-15-6-4-3-5-14(15)11-17/h3-6,13H,7-10,12H2,1-2H3,(H,18,19). The van der Waals surface area contributed by atoms with E-state index in [1.165, 1.54) is 0 Å². The van der Waals surface area contributed by atoms with Crippen LogP contribution in [0.1, 0.15) is 25.8 Å². The summed E-state index contributed by atoms with van der Waals surface area (Å²) in [5.74, 6) is 0.344. The molecule has 114 valence electrons. The molecule has 0 saturated heterocycles. The van der Waals surface area contributed by atoms with Crippen LogP contribution in [0.4, 0.5) is 5.69 Å². The molecule has 0 saturated carbocycles. The second kappa shape index (κ2) is 9.92. The Morgan fingerprint density at radius 1 is 1.24 bits per heavy atom. The summed E-state index contributed by atoms with van der Waals surface area (Å²) < 4.78 is 10.7. The van der Waals surface area contributed by atoms with Crippen molar-refractivity contribution in [1.82, 2.24) is 0 Å². The van der Waals surface area contributed by atoms with E-state index < -0.39 is 0 Å². The van der Waals surface area contributed by atoms with Gasteiger partial charge in [0.05, 0.1) is 37.5 Å². The molecule has 0 atom stereocenters. The number of hydrogen-bond donors (Lipinski definition) is 1. The minimum atomic E-state index is -0.166. The number of benzene rings is 1. The van der Waals surface area contributed by atoms with Gasteiger partial charge in [0.2, 0.25) is 5.91 Å². The summed E-state index contributed by atoms with van der Waals surface area (Å²) in [5, 5.41) is 11.6. The molecule has 0 bridgehead atoms.